The summed E-state index contributed by atoms with van der Waals surface area (Å²) in [5.41, 5.74) is -0.519. The summed E-state index contributed by atoms with van der Waals surface area (Å²) in [7, 11) is 0. The van der Waals surface area contributed by atoms with E-state index in [1.54, 1.807) is 24.3 Å². The van der Waals surface area contributed by atoms with E-state index in [0.29, 0.717) is 15.6 Å². The zero-order valence-corrected chi connectivity index (χ0v) is 14.8. The fourth-order valence-electron chi connectivity index (χ4n) is 2.81. The Kier molecular flexibility index (Phi) is 5.19. The van der Waals surface area contributed by atoms with Crippen molar-refractivity contribution in [2.45, 2.75) is 19.7 Å². The van der Waals surface area contributed by atoms with Crippen LogP contribution in [-0.4, -0.2) is 32.3 Å². The van der Waals surface area contributed by atoms with Gasteiger partial charge in [-0.25, -0.2) is 14.3 Å². The average Bonchev–Trinajstić information content (AvgIpc) is 3.07. The van der Waals surface area contributed by atoms with Crippen LogP contribution in [0, 0.1) is 6.92 Å². The molecule has 0 aliphatic carbocycles. The highest BCUT2D eigenvalue weighted by Crippen LogP contribution is 2.36. The lowest BCUT2D eigenvalue weighted by molar-refractivity contribution is -0.143. The van der Waals surface area contributed by atoms with E-state index in [0.717, 1.165) is 6.20 Å². The predicted molar refractivity (Wildman–Crippen MR) is 94.6 cm³/mol. The van der Waals surface area contributed by atoms with Crippen LogP contribution in [0.25, 0.3) is 16.9 Å². The number of aliphatic hydroxyl groups excluding tert-OH is 1. The Morgan fingerprint density at radius 3 is 2.57 bits per heavy atom. The summed E-state index contributed by atoms with van der Waals surface area (Å²) >= 11 is 0. The molecule has 2 heterocycles. The molecule has 2 aromatic heterocycles. The van der Waals surface area contributed by atoms with Crippen LogP contribution in [0.2, 0.25) is 0 Å². The average molecular weight is 391 g/mol. The van der Waals surface area contributed by atoms with E-state index in [9.17, 15) is 18.0 Å². The molecule has 3 aromatic rings. The number of aromatic nitrogens is 3. The number of hydrogen-bond acceptors (Lipinski definition) is 5. The monoisotopic (exact) mass is 391 g/mol. The number of aliphatic hydroxyl groups is 1. The second-order valence-corrected chi connectivity index (χ2v) is 5.97. The van der Waals surface area contributed by atoms with Crippen LogP contribution < -0.4 is 0 Å². The summed E-state index contributed by atoms with van der Waals surface area (Å²) in [6.07, 6.45) is -2.38. The number of carbonyl (C=O) groups excluding carboxylic acids is 1. The van der Waals surface area contributed by atoms with Crippen LogP contribution in [0.5, 0.6) is 0 Å². The van der Waals surface area contributed by atoms with Crippen molar-refractivity contribution in [2.75, 3.05) is 6.61 Å². The Labute approximate surface area is 157 Å². The summed E-state index contributed by atoms with van der Waals surface area (Å²) in [4.78, 5) is 16.5. The van der Waals surface area contributed by atoms with Gasteiger partial charge in [0.2, 0.25) is 0 Å². The third kappa shape index (κ3) is 3.48. The molecule has 0 unspecified atom stereocenters. The molecular formula is C19H16F3N3O3. The number of halogens is 3. The lowest BCUT2D eigenvalue weighted by atomic mass is 10.0. The summed E-state index contributed by atoms with van der Waals surface area (Å²) in [5.74, 6) is -0.846. The minimum absolute atomic E-state index is 0.0579. The van der Waals surface area contributed by atoms with E-state index >= 15 is 0 Å². The first-order valence-electron chi connectivity index (χ1n) is 8.21. The number of benzene rings is 1. The molecule has 6 nitrogen and oxygen atoms in total. The quantitative estimate of drug-likeness (QED) is 0.532. The lowest BCUT2D eigenvalue weighted by Gasteiger charge is -2.16. The Morgan fingerprint density at radius 1 is 1.32 bits per heavy atom. The molecule has 3 rings (SSSR count). The summed E-state index contributed by atoms with van der Waals surface area (Å²) < 4.78 is 46.8. The minimum Gasteiger partial charge on any atom is -0.458 e. The highest BCUT2D eigenvalue weighted by Gasteiger charge is 2.38. The Hall–Kier alpha value is -3.20. The maximum absolute atomic E-state index is 13.8. The van der Waals surface area contributed by atoms with Crippen molar-refractivity contribution in [2.24, 2.45) is 0 Å². The van der Waals surface area contributed by atoms with Crippen LogP contribution in [0.3, 0.4) is 0 Å². The van der Waals surface area contributed by atoms with Gasteiger partial charge in [-0.1, -0.05) is 36.9 Å². The molecule has 0 bridgehead atoms. The number of alkyl halides is 3. The molecule has 0 aliphatic heterocycles. The number of carbonyl (C=O) groups is 1. The normalized spacial score (nSPS) is 11.6. The zero-order chi connectivity index (χ0) is 20.5. The van der Waals surface area contributed by atoms with E-state index in [1.807, 2.05) is 0 Å². The number of hydrogen-bond donors (Lipinski definition) is 1. The third-order valence-corrected chi connectivity index (χ3v) is 4.11. The van der Waals surface area contributed by atoms with Gasteiger partial charge in [0.25, 0.3) is 0 Å². The molecule has 0 spiro atoms. The topological polar surface area (TPSA) is 76.7 Å². The molecule has 146 valence electrons. The van der Waals surface area contributed by atoms with Gasteiger partial charge >= 0.3 is 12.1 Å². The highest BCUT2D eigenvalue weighted by molar-refractivity contribution is 5.96. The van der Waals surface area contributed by atoms with Crippen molar-refractivity contribution in [3.63, 3.8) is 0 Å². The molecule has 0 aliphatic rings. The van der Waals surface area contributed by atoms with Gasteiger partial charge in [-0.3, -0.25) is 0 Å². The van der Waals surface area contributed by atoms with E-state index in [1.165, 1.54) is 13.0 Å². The van der Waals surface area contributed by atoms with Crippen molar-refractivity contribution in [1.82, 2.24) is 14.6 Å². The molecule has 0 saturated carbocycles. The second kappa shape index (κ2) is 7.43. The minimum atomic E-state index is -4.72. The van der Waals surface area contributed by atoms with Gasteiger partial charge in [0.15, 0.2) is 11.3 Å². The summed E-state index contributed by atoms with van der Waals surface area (Å²) in [6, 6.07) is 6.29. The molecule has 1 N–H and O–H groups in total. The fraction of sp³-hybridized carbons (Fsp3) is 0.211. The third-order valence-electron chi connectivity index (χ3n) is 4.11. The number of esters is 1. The van der Waals surface area contributed by atoms with Crippen molar-refractivity contribution in [3.8, 4) is 11.3 Å². The van der Waals surface area contributed by atoms with Gasteiger partial charge in [0, 0.05) is 11.1 Å². The van der Waals surface area contributed by atoms with E-state index in [4.69, 9.17) is 9.84 Å². The van der Waals surface area contributed by atoms with Crippen molar-refractivity contribution >= 4 is 11.6 Å². The van der Waals surface area contributed by atoms with Gasteiger partial charge in [-0.15, -0.1) is 0 Å². The van der Waals surface area contributed by atoms with Crippen molar-refractivity contribution in [1.29, 1.82) is 0 Å². The maximum atomic E-state index is 13.8. The van der Waals surface area contributed by atoms with Gasteiger partial charge in [0.1, 0.15) is 12.2 Å². The highest BCUT2D eigenvalue weighted by atomic mass is 19.4. The Morgan fingerprint density at radius 2 is 2.00 bits per heavy atom. The first-order valence-corrected chi connectivity index (χ1v) is 8.21. The van der Waals surface area contributed by atoms with Crippen LogP contribution in [0.4, 0.5) is 13.2 Å². The Balaban J connectivity index is 2.27. The van der Waals surface area contributed by atoms with Gasteiger partial charge < -0.3 is 9.84 Å². The number of rotatable bonds is 5. The van der Waals surface area contributed by atoms with Gasteiger partial charge in [-0.2, -0.15) is 18.3 Å². The molecule has 0 fully saturated rings. The van der Waals surface area contributed by atoms with Gasteiger partial charge in [-0.05, 0) is 12.5 Å². The second-order valence-electron chi connectivity index (χ2n) is 5.97. The summed E-state index contributed by atoms with van der Waals surface area (Å²) in [6.45, 7) is 4.43. The first kappa shape index (κ1) is 19.6. The summed E-state index contributed by atoms with van der Waals surface area (Å²) in [5, 5.41) is 12.9. The molecule has 1 aromatic carbocycles. The molecule has 0 atom stereocenters. The predicted octanol–water partition coefficient (Wildman–Crippen LogP) is 3.56. The van der Waals surface area contributed by atoms with Crippen LogP contribution >= 0.6 is 0 Å². The van der Waals surface area contributed by atoms with Crippen LogP contribution in [0.15, 0.2) is 43.1 Å². The Bertz CT molecular complexity index is 1040. The largest absolute Gasteiger partial charge is 0.458 e. The molecule has 28 heavy (non-hydrogen) atoms. The number of fused-ring (bicyclic) bond motifs is 1. The number of ether oxygens (including phenoxy) is 1. The fourth-order valence-corrected chi connectivity index (χ4v) is 2.81. The van der Waals surface area contributed by atoms with E-state index in [-0.39, 0.29) is 35.7 Å². The van der Waals surface area contributed by atoms with Crippen LogP contribution in [0.1, 0.15) is 27.2 Å². The van der Waals surface area contributed by atoms with Gasteiger partial charge in [0.05, 0.1) is 18.5 Å². The smallest absolute Gasteiger partial charge is 0.433 e. The molecule has 9 heteroatoms. The standard InChI is InChI=1S/C19H16F3N3O3/c1-3-8-28-18(27)14-9-23-25-16(19(20,21)22)11(2)15(24-17(14)25)13-6-4-12(10-26)5-7-13/h3-7,9,26H,1,8,10H2,2H3. The number of nitrogens with zero attached hydrogens (tertiary/aromatic N) is 3. The lowest BCUT2D eigenvalue weighted by Crippen LogP contribution is -2.17. The van der Waals surface area contributed by atoms with E-state index < -0.39 is 17.8 Å². The SMILES string of the molecule is C=CCOC(=O)c1cnn2c(C(F)(F)F)c(C)c(-c3ccc(CO)cc3)nc12. The van der Waals surface area contributed by atoms with E-state index in [2.05, 4.69) is 16.7 Å². The zero-order valence-electron chi connectivity index (χ0n) is 14.8. The maximum Gasteiger partial charge on any atom is 0.433 e. The molecule has 0 amide bonds. The molecule has 0 radical (unpaired) electrons. The first-order chi connectivity index (χ1) is 13.3. The van der Waals surface area contributed by atoms with Crippen molar-refractivity contribution < 1.29 is 27.8 Å². The molecular weight excluding hydrogens is 375 g/mol. The van der Waals surface area contributed by atoms with Crippen LogP contribution in [-0.2, 0) is 17.5 Å². The molecule has 0 saturated heterocycles. The van der Waals surface area contributed by atoms with Crippen molar-refractivity contribution in [3.05, 3.63) is 65.5 Å².